The molecule has 0 bridgehead atoms. The van der Waals surface area contributed by atoms with Gasteiger partial charge in [-0.15, -0.1) is 26.7 Å². The van der Waals surface area contributed by atoms with Gasteiger partial charge in [0.05, 0.1) is 9.79 Å². The Morgan fingerprint density at radius 1 is 0.568 bits per heavy atom. The quantitative estimate of drug-likeness (QED) is 0.302. The standard InChI is InChI=1S/2C7H8O3S.2C7H9.Zr/c2*1-6-2-4-7(5-3-6)11(8,9)10;2*1-6-4-3-5-7(6)2;/h2*2-5H,1H3,(H,8,9,10);2*4H,3H2,1-2H3;/q;;2*-1;+2/p-2. The van der Waals surface area contributed by atoms with Gasteiger partial charge in [-0.2, -0.15) is 12.2 Å². The van der Waals surface area contributed by atoms with Gasteiger partial charge >= 0.3 is 26.2 Å². The van der Waals surface area contributed by atoms with Crippen molar-refractivity contribution in [1.82, 2.24) is 0 Å². The van der Waals surface area contributed by atoms with E-state index in [9.17, 15) is 25.9 Å². The Morgan fingerprint density at radius 3 is 0.973 bits per heavy atom. The van der Waals surface area contributed by atoms with Gasteiger partial charge in [-0.1, -0.05) is 49.2 Å². The number of hydrogen-bond acceptors (Lipinski definition) is 6. The van der Waals surface area contributed by atoms with Gasteiger partial charge in [0.1, 0.15) is 20.2 Å². The third kappa shape index (κ3) is 14.0. The molecule has 0 spiro atoms. The van der Waals surface area contributed by atoms with E-state index >= 15 is 0 Å². The Morgan fingerprint density at radius 2 is 0.838 bits per heavy atom. The van der Waals surface area contributed by atoms with Crippen molar-refractivity contribution in [3.8, 4) is 0 Å². The molecule has 6 nitrogen and oxygen atoms in total. The van der Waals surface area contributed by atoms with E-state index in [1.165, 1.54) is 46.6 Å². The van der Waals surface area contributed by atoms with Crippen molar-refractivity contribution in [2.24, 2.45) is 0 Å². The van der Waals surface area contributed by atoms with Crippen molar-refractivity contribution in [2.45, 2.75) is 64.2 Å². The summed E-state index contributed by atoms with van der Waals surface area (Å²) in [7, 11) is -8.54. The normalized spacial score (nSPS) is 14.1. The SMILES string of the molecule is CC1=[C-]CC=C1C.CC1=[C-]CC=C1C.Cc1ccc(S(=O)(=O)[O-])cc1.Cc1ccc(S(=O)(=O)[O-])cc1.[Zr+2]. The first kappa shape index (κ1) is 35.1. The van der Waals surface area contributed by atoms with E-state index in [0.29, 0.717) is 0 Å². The molecule has 0 radical (unpaired) electrons. The van der Waals surface area contributed by atoms with Crippen molar-refractivity contribution >= 4 is 20.2 Å². The van der Waals surface area contributed by atoms with Crippen LogP contribution in [0.2, 0.25) is 0 Å². The van der Waals surface area contributed by atoms with Crippen LogP contribution in [0.4, 0.5) is 0 Å². The van der Waals surface area contributed by atoms with Gasteiger partial charge in [0.15, 0.2) is 0 Å². The maximum atomic E-state index is 10.4. The van der Waals surface area contributed by atoms with Crippen molar-refractivity contribution in [3.05, 3.63) is 106 Å². The third-order valence-electron chi connectivity index (χ3n) is 5.35. The summed E-state index contributed by atoms with van der Waals surface area (Å²) in [4.78, 5) is -0.355. The molecule has 198 valence electrons. The van der Waals surface area contributed by atoms with Gasteiger partial charge < -0.3 is 9.11 Å². The Bertz CT molecular complexity index is 1210. The van der Waals surface area contributed by atoms with Gasteiger partial charge in [0.2, 0.25) is 0 Å². The van der Waals surface area contributed by atoms with Crippen LogP contribution in [0.5, 0.6) is 0 Å². The third-order valence-corrected chi connectivity index (χ3v) is 7.05. The van der Waals surface area contributed by atoms with E-state index in [-0.39, 0.29) is 36.0 Å². The topological polar surface area (TPSA) is 114 Å². The summed E-state index contributed by atoms with van der Waals surface area (Å²) in [5.74, 6) is 0. The fourth-order valence-corrected chi connectivity index (χ4v) is 3.65. The zero-order valence-electron chi connectivity index (χ0n) is 22.0. The Kier molecular flexibility index (Phi) is 15.3. The minimum atomic E-state index is -4.27. The van der Waals surface area contributed by atoms with Crippen LogP contribution in [0.3, 0.4) is 0 Å². The summed E-state index contributed by atoms with van der Waals surface area (Å²) in [6.07, 6.45) is 12.8. The largest absolute Gasteiger partial charge is 2.00 e. The van der Waals surface area contributed by atoms with Gasteiger partial charge in [-0.05, 0) is 38.1 Å². The van der Waals surface area contributed by atoms with E-state index in [2.05, 4.69) is 52.0 Å². The van der Waals surface area contributed by atoms with Crippen LogP contribution in [0, 0.1) is 26.0 Å². The summed E-state index contributed by atoms with van der Waals surface area (Å²) in [6, 6.07) is 11.6. The molecule has 0 saturated carbocycles. The molecular formula is C28H32O6S2Zr-2. The van der Waals surface area contributed by atoms with E-state index in [1.807, 2.05) is 13.8 Å². The second-order valence-electron chi connectivity index (χ2n) is 8.32. The molecule has 2 aromatic rings. The monoisotopic (exact) mass is 618 g/mol. The number of rotatable bonds is 2. The van der Waals surface area contributed by atoms with Crippen LogP contribution >= 0.6 is 0 Å². The minimum absolute atomic E-state index is 0. The smallest absolute Gasteiger partial charge is 0.744 e. The molecule has 0 N–H and O–H groups in total. The molecule has 0 heterocycles. The van der Waals surface area contributed by atoms with E-state index in [4.69, 9.17) is 0 Å². The molecule has 0 atom stereocenters. The van der Waals surface area contributed by atoms with Crippen LogP contribution in [0.15, 0.2) is 92.8 Å². The van der Waals surface area contributed by atoms with Crippen molar-refractivity contribution in [2.75, 3.05) is 0 Å². The fourth-order valence-electron chi connectivity index (χ4n) is 2.71. The molecule has 2 aliphatic rings. The maximum absolute atomic E-state index is 10.4. The van der Waals surface area contributed by atoms with E-state index < -0.39 is 20.2 Å². The first-order chi connectivity index (χ1) is 16.6. The average Bonchev–Trinajstić information content (AvgIpc) is 3.35. The van der Waals surface area contributed by atoms with Crippen LogP contribution in [0.25, 0.3) is 0 Å². The number of allylic oxidation sites excluding steroid dienone is 8. The van der Waals surface area contributed by atoms with E-state index in [0.717, 1.165) is 24.0 Å². The number of benzene rings is 2. The Labute approximate surface area is 241 Å². The van der Waals surface area contributed by atoms with Crippen molar-refractivity contribution < 1.29 is 52.1 Å². The number of aryl methyl sites for hydroxylation is 2. The Hall–Kier alpha value is -1.90. The molecule has 0 amide bonds. The number of hydrogen-bond donors (Lipinski definition) is 0. The molecule has 0 aromatic heterocycles. The molecule has 0 saturated heterocycles. The molecule has 0 aliphatic heterocycles. The molecule has 4 rings (SSSR count). The van der Waals surface area contributed by atoms with Gasteiger partial charge in [-0.25, -0.2) is 39.1 Å². The molecule has 0 unspecified atom stereocenters. The molecular weight excluding hydrogens is 588 g/mol. The fraction of sp³-hybridized carbons (Fsp3) is 0.286. The Balaban J connectivity index is 0.000000473. The molecule has 9 heteroatoms. The summed E-state index contributed by atoms with van der Waals surface area (Å²) in [6.45, 7) is 12.1. The summed E-state index contributed by atoms with van der Waals surface area (Å²) in [5.41, 5.74) is 7.27. The van der Waals surface area contributed by atoms with Crippen LogP contribution in [0.1, 0.15) is 51.7 Å². The molecule has 37 heavy (non-hydrogen) atoms. The van der Waals surface area contributed by atoms with Crippen molar-refractivity contribution in [1.29, 1.82) is 0 Å². The average molecular weight is 620 g/mol. The van der Waals surface area contributed by atoms with Gasteiger partial charge in [0.25, 0.3) is 0 Å². The van der Waals surface area contributed by atoms with E-state index in [1.54, 1.807) is 24.3 Å². The van der Waals surface area contributed by atoms with Gasteiger partial charge in [0, 0.05) is 0 Å². The zero-order valence-corrected chi connectivity index (χ0v) is 26.0. The first-order valence-corrected chi connectivity index (χ1v) is 14.0. The second-order valence-corrected chi connectivity index (χ2v) is 11.1. The van der Waals surface area contributed by atoms with Crippen LogP contribution < -0.4 is 0 Å². The first-order valence-electron chi connectivity index (χ1n) is 11.2. The molecule has 2 aliphatic carbocycles. The molecule has 2 aromatic carbocycles. The van der Waals surface area contributed by atoms with Crippen molar-refractivity contribution in [3.63, 3.8) is 0 Å². The summed E-state index contributed by atoms with van der Waals surface area (Å²) < 4.78 is 62.3. The summed E-state index contributed by atoms with van der Waals surface area (Å²) in [5, 5.41) is 0. The van der Waals surface area contributed by atoms with Crippen LogP contribution in [-0.2, 0) is 46.4 Å². The second kappa shape index (κ2) is 16.2. The maximum Gasteiger partial charge on any atom is 2.00 e. The molecule has 0 fully saturated rings. The summed E-state index contributed by atoms with van der Waals surface area (Å²) >= 11 is 0. The predicted octanol–water partition coefficient (Wildman–Crippen LogP) is 5.97. The minimum Gasteiger partial charge on any atom is -0.744 e. The zero-order chi connectivity index (χ0) is 27.5. The van der Waals surface area contributed by atoms with Gasteiger partial charge in [-0.3, -0.25) is 12.2 Å². The predicted molar refractivity (Wildman–Crippen MR) is 140 cm³/mol. The van der Waals surface area contributed by atoms with Crippen LogP contribution in [-0.4, -0.2) is 25.9 Å².